The van der Waals surface area contributed by atoms with Crippen molar-refractivity contribution in [3.8, 4) is 5.75 Å². The van der Waals surface area contributed by atoms with E-state index in [2.05, 4.69) is 71.5 Å². The third kappa shape index (κ3) is 6.35. The van der Waals surface area contributed by atoms with Crippen LogP contribution in [0.3, 0.4) is 0 Å². The molecule has 2 bridgehead atoms. The van der Waals surface area contributed by atoms with Crippen molar-refractivity contribution < 1.29 is 14.3 Å². The molecule has 2 aromatic carbocycles. The van der Waals surface area contributed by atoms with Crippen LogP contribution in [0, 0.1) is 5.92 Å². The zero-order chi connectivity index (χ0) is 22.6. The molecule has 1 heterocycles. The molecular formula is C27H34BrNO3. The first-order valence-corrected chi connectivity index (χ1v) is 12.6. The maximum Gasteiger partial charge on any atom is 0.306 e. The smallest absolute Gasteiger partial charge is 0.306 e. The molecule has 0 saturated heterocycles. The zero-order valence-corrected chi connectivity index (χ0v) is 20.7. The normalized spacial score (nSPS) is 20.0. The Kier molecular flexibility index (Phi) is 7.57. The monoisotopic (exact) mass is 499 g/mol. The number of esters is 1. The van der Waals surface area contributed by atoms with Gasteiger partial charge in [0.25, 0.3) is 0 Å². The van der Waals surface area contributed by atoms with E-state index in [1.165, 1.54) is 16.7 Å². The molecule has 4 rings (SSSR count). The van der Waals surface area contributed by atoms with Crippen molar-refractivity contribution in [2.45, 2.75) is 70.4 Å². The molecule has 32 heavy (non-hydrogen) atoms. The van der Waals surface area contributed by atoms with Crippen LogP contribution in [0.5, 0.6) is 5.75 Å². The van der Waals surface area contributed by atoms with Crippen LogP contribution in [-0.2, 0) is 28.8 Å². The Labute approximate surface area is 200 Å². The van der Waals surface area contributed by atoms with E-state index >= 15 is 0 Å². The first-order valence-electron chi connectivity index (χ1n) is 11.8. The quantitative estimate of drug-likeness (QED) is 0.540. The number of hydrogen-bond donors (Lipinski definition) is 1. The van der Waals surface area contributed by atoms with Crippen molar-refractivity contribution in [2.24, 2.45) is 5.92 Å². The number of carbonyl (C=O) groups excluding carboxylic acids is 1. The van der Waals surface area contributed by atoms with Gasteiger partial charge in [-0.15, -0.1) is 0 Å². The highest BCUT2D eigenvalue weighted by molar-refractivity contribution is 9.10. The minimum Gasteiger partial charge on any atom is -0.488 e. The Balaban J connectivity index is 1.36. The predicted octanol–water partition coefficient (Wildman–Crippen LogP) is 5.64. The number of cyclic esters (lactones) is 1. The lowest BCUT2D eigenvalue weighted by molar-refractivity contribution is -0.150. The van der Waals surface area contributed by atoms with Crippen LogP contribution in [0.15, 0.2) is 46.9 Å². The van der Waals surface area contributed by atoms with Crippen LogP contribution in [0.4, 0.5) is 0 Å². The SMILES string of the molecule is CC(C)(CC1Cc2ccccc2C1)NCC1COc2cc(ccc2Br)CCCCC(=O)O1. The van der Waals surface area contributed by atoms with Crippen LogP contribution < -0.4 is 10.1 Å². The van der Waals surface area contributed by atoms with E-state index in [1.807, 2.05) is 6.07 Å². The lowest BCUT2D eigenvalue weighted by atomic mass is 9.88. The maximum absolute atomic E-state index is 12.4. The maximum atomic E-state index is 12.4. The molecule has 4 nitrogen and oxygen atoms in total. The Hall–Kier alpha value is -1.85. The minimum atomic E-state index is -0.322. The van der Waals surface area contributed by atoms with Crippen molar-refractivity contribution in [3.05, 3.63) is 63.6 Å². The minimum absolute atomic E-state index is 0.0523. The van der Waals surface area contributed by atoms with Crippen molar-refractivity contribution >= 4 is 21.9 Å². The molecule has 0 spiro atoms. The van der Waals surface area contributed by atoms with Gasteiger partial charge >= 0.3 is 5.97 Å². The van der Waals surface area contributed by atoms with E-state index in [0.717, 1.165) is 48.7 Å². The topological polar surface area (TPSA) is 47.6 Å². The van der Waals surface area contributed by atoms with Crippen LogP contribution in [0.1, 0.15) is 56.2 Å². The fourth-order valence-electron chi connectivity index (χ4n) is 4.95. The summed E-state index contributed by atoms with van der Waals surface area (Å²) in [4.78, 5) is 12.4. The number of aryl methyl sites for hydroxylation is 1. The summed E-state index contributed by atoms with van der Waals surface area (Å²) in [6, 6.07) is 15.0. The number of rotatable bonds is 5. The zero-order valence-electron chi connectivity index (χ0n) is 19.2. The van der Waals surface area contributed by atoms with E-state index < -0.39 is 0 Å². The van der Waals surface area contributed by atoms with Crippen molar-refractivity contribution in [2.75, 3.05) is 13.2 Å². The number of benzene rings is 2. The third-order valence-electron chi connectivity index (χ3n) is 6.56. The number of fused-ring (bicyclic) bond motifs is 3. The fraction of sp³-hybridized carbons (Fsp3) is 0.519. The van der Waals surface area contributed by atoms with E-state index in [0.29, 0.717) is 25.5 Å². The van der Waals surface area contributed by atoms with Crippen molar-refractivity contribution in [1.29, 1.82) is 0 Å². The second kappa shape index (κ2) is 10.4. The van der Waals surface area contributed by atoms with Gasteiger partial charge in [0, 0.05) is 18.5 Å². The molecule has 1 aliphatic carbocycles. The second-order valence-corrected chi connectivity index (χ2v) is 10.8. The first-order chi connectivity index (χ1) is 15.4. The van der Waals surface area contributed by atoms with Crippen LogP contribution in [-0.4, -0.2) is 30.8 Å². The lowest BCUT2D eigenvalue weighted by Gasteiger charge is -2.31. The highest BCUT2D eigenvalue weighted by Crippen LogP contribution is 2.32. The molecule has 2 aromatic rings. The molecular weight excluding hydrogens is 466 g/mol. The fourth-order valence-corrected chi connectivity index (χ4v) is 5.31. The van der Waals surface area contributed by atoms with Gasteiger partial charge in [-0.1, -0.05) is 30.3 Å². The van der Waals surface area contributed by atoms with Gasteiger partial charge in [-0.2, -0.15) is 0 Å². The molecule has 2 aliphatic rings. The average Bonchev–Trinajstić information content (AvgIpc) is 3.15. The summed E-state index contributed by atoms with van der Waals surface area (Å²) in [5.74, 6) is 1.32. The van der Waals surface area contributed by atoms with E-state index in [9.17, 15) is 4.79 Å². The number of halogens is 1. The summed E-state index contributed by atoms with van der Waals surface area (Å²) < 4.78 is 12.8. The molecule has 0 fully saturated rings. The summed E-state index contributed by atoms with van der Waals surface area (Å²) in [5, 5.41) is 3.67. The molecule has 0 amide bonds. The molecule has 172 valence electrons. The van der Waals surface area contributed by atoms with Gasteiger partial charge in [0.05, 0.1) is 4.47 Å². The Morgan fingerprint density at radius 2 is 1.78 bits per heavy atom. The highest BCUT2D eigenvalue weighted by Gasteiger charge is 2.29. The van der Waals surface area contributed by atoms with Gasteiger partial charge in [0.15, 0.2) is 0 Å². The van der Waals surface area contributed by atoms with Crippen LogP contribution >= 0.6 is 15.9 Å². The molecule has 0 aromatic heterocycles. The van der Waals surface area contributed by atoms with Gasteiger partial charge in [-0.3, -0.25) is 4.79 Å². The van der Waals surface area contributed by atoms with Crippen molar-refractivity contribution in [1.82, 2.24) is 5.32 Å². The molecule has 0 saturated carbocycles. The lowest BCUT2D eigenvalue weighted by Crippen LogP contribution is -2.47. The standard InChI is InChI=1S/C27H34BrNO3/c1-27(2,16-20-13-21-8-4-5-9-22(21)14-20)29-17-23-18-31-25-15-19(11-12-24(25)28)7-3-6-10-26(30)32-23/h4-5,8-9,11-12,15,20,23,29H,3,6-7,10,13-14,16-18H2,1-2H3. The summed E-state index contributed by atoms with van der Waals surface area (Å²) in [6.45, 7) is 5.41. The van der Waals surface area contributed by atoms with Crippen LogP contribution in [0.25, 0.3) is 0 Å². The summed E-state index contributed by atoms with van der Waals surface area (Å²) in [5.41, 5.74) is 4.17. The number of hydrogen-bond acceptors (Lipinski definition) is 4. The molecule has 0 radical (unpaired) electrons. The molecule has 1 atom stereocenters. The highest BCUT2D eigenvalue weighted by atomic mass is 79.9. The van der Waals surface area contributed by atoms with Gasteiger partial charge in [-0.25, -0.2) is 0 Å². The number of carbonyl (C=O) groups is 1. The van der Waals surface area contributed by atoms with Gasteiger partial charge in [0.2, 0.25) is 0 Å². The van der Waals surface area contributed by atoms with Gasteiger partial charge in [-0.05, 0) is 103 Å². The Morgan fingerprint density at radius 1 is 1.06 bits per heavy atom. The summed E-state index contributed by atoms with van der Waals surface area (Å²) >= 11 is 3.58. The number of nitrogens with one attached hydrogen (secondary N) is 1. The summed E-state index contributed by atoms with van der Waals surface area (Å²) in [7, 11) is 0. The van der Waals surface area contributed by atoms with Gasteiger partial charge < -0.3 is 14.8 Å². The molecule has 1 aliphatic heterocycles. The largest absolute Gasteiger partial charge is 0.488 e. The molecule has 1 N–H and O–H groups in total. The Bertz CT molecular complexity index is 917. The van der Waals surface area contributed by atoms with E-state index in [4.69, 9.17) is 9.47 Å². The first kappa shape index (κ1) is 23.3. The Morgan fingerprint density at radius 3 is 2.53 bits per heavy atom. The second-order valence-electron chi connectivity index (χ2n) is 9.91. The molecule has 5 heteroatoms. The number of ether oxygens (including phenoxy) is 2. The third-order valence-corrected chi connectivity index (χ3v) is 7.21. The molecule has 1 unspecified atom stereocenters. The predicted molar refractivity (Wildman–Crippen MR) is 131 cm³/mol. The van der Waals surface area contributed by atoms with E-state index in [-0.39, 0.29) is 17.6 Å². The van der Waals surface area contributed by atoms with Crippen molar-refractivity contribution in [3.63, 3.8) is 0 Å². The van der Waals surface area contributed by atoms with Gasteiger partial charge in [0.1, 0.15) is 18.5 Å². The van der Waals surface area contributed by atoms with Crippen LogP contribution in [0.2, 0.25) is 0 Å². The average molecular weight is 500 g/mol. The van der Waals surface area contributed by atoms with E-state index in [1.54, 1.807) is 0 Å². The summed E-state index contributed by atoms with van der Waals surface area (Å²) in [6.07, 6.45) is 6.27.